The Kier molecular flexibility index (Phi) is 5.88. The van der Waals surface area contributed by atoms with Crippen LogP contribution in [0.5, 0.6) is 0 Å². The molecule has 1 aromatic heterocycles. The summed E-state index contributed by atoms with van der Waals surface area (Å²) >= 11 is 1.71. The van der Waals surface area contributed by atoms with Crippen LogP contribution < -0.4 is 5.32 Å². The number of aromatic nitrogens is 1. The summed E-state index contributed by atoms with van der Waals surface area (Å²) in [7, 11) is 0. The maximum atomic E-state index is 12.0. The summed E-state index contributed by atoms with van der Waals surface area (Å²) in [6.07, 6.45) is 2.06. The molecule has 0 spiro atoms. The number of H-pyrrole nitrogens is 1. The highest BCUT2D eigenvalue weighted by molar-refractivity contribution is 8.14. The maximum Gasteiger partial charge on any atom is 0.311 e. The van der Waals surface area contributed by atoms with Gasteiger partial charge in [0.05, 0.1) is 28.4 Å². The number of benzene rings is 1. The number of carbonyl (C=O) groups excluding carboxylic acids is 1. The number of nitrogens with zero attached hydrogens (tertiary/aromatic N) is 1. The zero-order chi connectivity index (χ0) is 20.4. The van der Waals surface area contributed by atoms with Gasteiger partial charge >= 0.3 is 5.97 Å². The fourth-order valence-electron chi connectivity index (χ4n) is 3.49. The second-order valence-electron chi connectivity index (χ2n) is 8.73. The van der Waals surface area contributed by atoms with E-state index in [0.29, 0.717) is 12.6 Å². The highest BCUT2D eigenvalue weighted by Crippen LogP contribution is 2.30. The Hall–Kier alpha value is -1.99. The van der Waals surface area contributed by atoms with Crippen molar-refractivity contribution in [1.82, 2.24) is 4.98 Å². The summed E-state index contributed by atoms with van der Waals surface area (Å²) in [6, 6.07) is 8.93. The monoisotopic (exact) mass is 415 g/mol. The Morgan fingerprint density at radius 1 is 1.34 bits per heavy atom. The summed E-state index contributed by atoms with van der Waals surface area (Å²) in [6.45, 7) is 7.57. The molecule has 0 amide bonds. The van der Waals surface area contributed by atoms with Crippen LogP contribution in [0.4, 0.5) is 5.69 Å². The molecule has 0 radical (unpaired) electrons. The van der Waals surface area contributed by atoms with Gasteiger partial charge < -0.3 is 19.8 Å². The molecular weight excluding hydrogens is 386 g/mol. The number of aromatic amines is 1. The number of esters is 1. The number of carbonyl (C=O) groups is 1. The van der Waals surface area contributed by atoms with E-state index in [4.69, 9.17) is 14.5 Å². The van der Waals surface area contributed by atoms with E-state index < -0.39 is 5.41 Å². The van der Waals surface area contributed by atoms with Crippen LogP contribution in [0.15, 0.2) is 29.3 Å². The highest BCUT2D eigenvalue weighted by atomic mass is 32.2. The van der Waals surface area contributed by atoms with Crippen molar-refractivity contribution in [1.29, 1.82) is 0 Å². The molecule has 0 saturated carbocycles. The number of hydrogen-bond donors (Lipinski definition) is 2. The molecule has 29 heavy (non-hydrogen) atoms. The van der Waals surface area contributed by atoms with E-state index in [0.717, 1.165) is 53.7 Å². The van der Waals surface area contributed by atoms with Crippen LogP contribution in [0.25, 0.3) is 10.9 Å². The van der Waals surface area contributed by atoms with E-state index in [1.54, 1.807) is 11.8 Å². The Morgan fingerprint density at radius 2 is 2.14 bits per heavy atom. The average molecular weight is 416 g/mol. The quantitative estimate of drug-likeness (QED) is 0.716. The molecule has 2 aliphatic heterocycles. The molecule has 6 nitrogen and oxygen atoms in total. The molecule has 2 N–H and O–H groups in total. The van der Waals surface area contributed by atoms with Crippen molar-refractivity contribution < 1.29 is 14.3 Å². The minimum atomic E-state index is -0.483. The van der Waals surface area contributed by atoms with Crippen molar-refractivity contribution in [2.45, 2.75) is 45.7 Å². The predicted octanol–water partition coefficient (Wildman–Crippen LogP) is 4.21. The van der Waals surface area contributed by atoms with Crippen LogP contribution in [0, 0.1) is 5.41 Å². The Balaban J connectivity index is 1.46. The van der Waals surface area contributed by atoms with Crippen LogP contribution in [0.2, 0.25) is 0 Å². The normalized spacial score (nSPS) is 20.7. The number of fused-ring (bicyclic) bond motifs is 1. The van der Waals surface area contributed by atoms with Gasteiger partial charge in [-0.2, -0.15) is 0 Å². The molecule has 0 aliphatic carbocycles. The van der Waals surface area contributed by atoms with Gasteiger partial charge in [0.25, 0.3) is 0 Å². The molecule has 7 heteroatoms. The number of nitrogens with one attached hydrogen (secondary N) is 2. The molecular formula is C22H29N3O3S. The first kappa shape index (κ1) is 20.3. The lowest BCUT2D eigenvalue weighted by atomic mass is 9.97. The number of para-hydroxylation sites is 1. The first-order valence-corrected chi connectivity index (χ1v) is 11.2. The van der Waals surface area contributed by atoms with Gasteiger partial charge in [0.2, 0.25) is 0 Å². The molecule has 2 aliphatic rings. The maximum absolute atomic E-state index is 12.0. The van der Waals surface area contributed by atoms with Gasteiger partial charge in [0.1, 0.15) is 11.7 Å². The van der Waals surface area contributed by atoms with Crippen molar-refractivity contribution in [3.63, 3.8) is 0 Å². The number of anilines is 1. The van der Waals surface area contributed by atoms with Crippen molar-refractivity contribution >= 4 is 39.4 Å². The molecule has 1 aromatic carbocycles. The Bertz CT molecular complexity index is 910. The molecule has 4 rings (SSSR count). The van der Waals surface area contributed by atoms with Crippen molar-refractivity contribution in [2.24, 2.45) is 10.4 Å². The smallest absolute Gasteiger partial charge is 0.311 e. The van der Waals surface area contributed by atoms with Gasteiger partial charge in [-0.15, -0.1) is 11.8 Å². The molecule has 1 saturated heterocycles. The number of ether oxygens (including phenoxy) is 2. The molecule has 156 valence electrons. The molecule has 1 atom stereocenters. The number of aliphatic imine (C=N–C) groups is 1. The zero-order valence-electron chi connectivity index (χ0n) is 17.3. The molecule has 0 bridgehead atoms. The standard InChI is InChI=1S/C22H29N3O3S/c1-22(2,3)21(26)28-12-16-13-29-20(24-16)18-11-14-5-4-6-17(19(14)25-18)23-15-7-9-27-10-8-15/h4-6,11,15-16,23,25H,7-10,12-13H2,1-3H3. The van der Waals surface area contributed by atoms with E-state index in [2.05, 4.69) is 34.6 Å². The van der Waals surface area contributed by atoms with E-state index in [1.807, 2.05) is 20.8 Å². The van der Waals surface area contributed by atoms with Gasteiger partial charge in [-0.3, -0.25) is 9.79 Å². The number of thioether (sulfide) groups is 1. The van der Waals surface area contributed by atoms with E-state index in [1.165, 1.54) is 5.39 Å². The number of hydrogen-bond acceptors (Lipinski definition) is 6. The van der Waals surface area contributed by atoms with Crippen LogP contribution in [-0.2, 0) is 14.3 Å². The topological polar surface area (TPSA) is 75.7 Å². The van der Waals surface area contributed by atoms with Crippen LogP contribution in [-0.4, -0.2) is 53.7 Å². The molecule has 1 unspecified atom stereocenters. The number of rotatable bonds is 5. The van der Waals surface area contributed by atoms with Crippen molar-refractivity contribution in [2.75, 3.05) is 30.9 Å². The minimum Gasteiger partial charge on any atom is -0.463 e. The van der Waals surface area contributed by atoms with Crippen molar-refractivity contribution in [3.8, 4) is 0 Å². The lowest BCUT2D eigenvalue weighted by molar-refractivity contribution is -0.153. The third-order valence-electron chi connectivity index (χ3n) is 5.20. The third kappa shape index (κ3) is 4.78. The van der Waals surface area contributed by atoms with Gasteiger partial charge in [-0.25, -0.2) is 0 Å². The summed E-state index contributed by atoms with van der Waals surface area (Å²) in [5.41, 5.74) is 2.78. The van der Waals surface area contributed by atoms with Crippen LogP contribution in [0.1, 0.15) is 39.3 Å². The van der Waals surface area contributed by atoms with Gasteiger partial charge in [0, 0.05) is 30.4 Å². The largest absolute Gasteiger partial charge is 0.463 e. The van der Waals surface area contributed by atoms with Crippen LogP contribution >= 0.6 is 11.8 Å². The molecule has 1 fully saturated rings. The summed E-state index contributed by atoms with van der Waals surface area (Å²) in [4.78, 5) is 20.3. The Labute approximate surface area is 175 Å². The first-order valence-electron chi connectivity index (χ1n) is 10.2. The second-order valence-corrected chi connectivity index (χ2v) is 9.74. The fourth-order valence-corrected chi connectivity index (χ4v) is 4.50. The minimum absolute atomic E-state index is 0.00699. The van der Waals surface area contributed by atoms with E-state index in [9.17, 15) is 4.79 Å². The third-order valence-corrected chi connectivity index (χ3v) is 6.35. The Morgan fingerprint density at radius 3 is 2.90 bits per heavy atom. The predicted molar refractivity (Wildman–Crippen MR) is 119 cm³/mol. The zero-order valence-corrected chi connectivity index (χ0v) is 18.1. The van der Waals surface area contributed by atoms with Gasteiger partial charge in [0.15, 0.2) is 0 Å². The van der Waals surface area contributed by atoms with Gasteiger partial charge in [-0.1, -0.05) is 12.1 Å². The second kappa shape index (κ2) is 8.40. The first-order chi connectivity index (χ1) is 13.9. The summed E-state index contributed by atoms with van der Waals surface area (Å²) in [5, 5.41) is 5.82. The SMILES string of the molecule is CC(C)(C)C(=O)OCC1CSC(c2cc3cccc(NC4CCOCC4)c3[nH]2)=N1. The fraction of sp³-hybridized carbons (Fsp3) is 0.545. The highest BCUT2D eigenvalue weighted by Gasteiger charge is 2.27. The summed E-state index contributed by atoms with van der Waals surface area (Å²) in [5.74, 6) is 0.649. The van der Waals surface area contributed by atoms with Gasteiger partial charge in [-0.05, 0) is 45.7 Å². The molecule has 3 heterocycles. The molecule has 2 aromatic rings. The van der Waals surface area contributed by atoms with E-state index in [-0.39, 0.29) is 12.0 Å². The van der Waals surface area contributed by atoms with Crippen LogP contribution in [0.3, 0.4) is 0 Å². The average Bonchev–Trinajstić information content (AvgIpc) is 3.33. The van der Waals surface area contributed by atoms with E-state index >= 15 is 0 Å². The summed E-state index contributed by atoms with van der Waals surface area (Å²) < 4.78 is 10.9. The lowest BCUT2D eigenvalue weighted by Gasteiger charge is -2.24. The lowest BCUT2D eigenvalue weighted by Crippen LogP contribution is -2.27. The van der Waals surface area contributed by atoms with Crippen molar-refractivity contribution in [3.05, 3.63) is 30.0 Å².